The normalized spacial score (nSPS) is 27.2. The highest BCUT2D eigenvalue weighted by molar-refractivity contribution is 6.42. The summed E-state index contributed by atoms with van der Waals surface area (Å²) >= 11 is 12.3. The average Bonchev–Trinajstić information content (AvgIpc) is 2.54. The predicted octanol–water partition coefficient (Wildman–Crippen LogP) is 2.93. The van der Waals surface area contributed by atoms with E-state index in [1.807, 2.05) is 13.8 Å². The lowest BCUT2D eigenvalue weighted by atomic mass is 9.82. The van der Waals surface area contributed by atoms with Gasteiger partial charge in [-0.25, -0.2) is 0 Å². The Labute approximate surface area is 150 Å². The fourth-order valence-electron chi connectivity index (χ4n) is 3.63. The van der Waals surface area contributed by atoms with Crippen LogP contribution in [0.3, 0.4) is 0 Å². The van der Waals surface area contributed by atoms with Crippen molar-refractivity contribution in [1.82, 2.24) is 10.2 Å². The van der Waals surface area contributed by atoms with Crippen LogP contribution < -0.4 is 5.32 Å². The van der Waals surface area contributed by atoms with E-state index in [2.05, 4.69) is 5.32 Å². The third-order valence-electron chi connectivity index (χ3n) is 4.94. The van der Waals surface area contributed by atoms with Gasteiger partial charge in [0.25, 0.3) is 0 Å². The molecule has 2 amide bonds. The molecular formula is C17H20Cl2N2O3. The summed E-state index contributed by atoms with van der Waals surface area (Å²) in [6.07, 6.45) is 1.06. The number of carbonyl (C=O) groups is 2. The van der Waals surface area contributed by atoms with E-state index >= 15 is 0 Å². The highest BCUT2D eigenvalue weighted by Gasteiger charge is 2.45. The minimum absolute atomic E-state index is 0.0329. The van der Waals surface area contributed by atoms with Crippen molar-refractivity contribution in [2.24, 2.45) is 5.92 Å². The van der Waals surface area contributed by atoms with Gasteiger partial charge in [-0.15, -0.1) is 0 Å². The Morgan fingerprint density at radius 1 is 1.29 bits per heavy atom. The first-order chi connectivity index (χ1) is 11.3. The number of nitrogens with one attached hydrogen (secondary N) is 1. The monoisotopic (exact) mass is 370 g/mol. The summed E-state index contributed by atoms with van der Waals surface area (Å²) < 4.78 is 0. The predicted molar refractivity (Wildman–Crippen MR) is 92.4 cm³/mol. The lowest BCUT2D eigenvalue weighted by molar-refractivity contribution is -0.152. The number of phenols is 1. The molecule has 24 heavy (non-hydrogen) atoms. The lowest BCUT2D eigenvalue weighted by Crippen LogP contribution is -2.66. The van der Waals surface area contributed by atoms with E-state index in [0.717, 1.165) is 0 Å². The summed E-state index contributed by atoms with van der Waals surface area (Å²) in [4.78, 5) is 26.7. The highest BCUT2D eigenvalue weighted by atomic mass is 35.5. The number of phenolic OH excluding ortho intramolecular Hbond substituents is 1. The van der Waals surface area contributed by atoms with Crippen molar-refractivity contribution >= 4 is 35.0 Å². The van der Waals surface area contributed by atoms with Gasteiger partial charge in [0, 0.05) is 12.1 Å². The van der Waals surface area contributed by atoms with Gasteiger partial charge in [-0.3, -0.25) is 9.59 Å². The van der Waals surface area contributed by atoms with E-state index in [-0.39, 0.29) is 29.4 Å². The molecule has 0 bridgehead atoms. The Hall–Kier alpha value is -1.46. The number of carbonyl (C=O) groups excluding carboxylic acids is 2. The lowest BCUT2D eigenvalue weighted by Gasteiger charge is -2.45. The van der Waals surface area contributed by atoms with Gasteiger partial charge in [-0.1, -0.05) is 37.0 Å². The van der Waals surface area contributed by atoms with E-state index in [1.54, 1.807) is 11.0 Å². The van der Waals surface area contributed by atoms with Crippen LogP contribution in [0, 0.1) is 5.92 Å². The number of piperazine rings is 1. The molecule has 1 aromatic carbocycles. The third-order valence-corrected chi connectivity index (χ3v) is 5.76. The second-order valence-electron chi connectivity index (χ2n) is 6.79. The molecule has 0 aromatic heterocycles. The number of hydrogen-bond acceptors (Lipinski definition) is 3. The van der Waals surface area contributed by atoms with Crippen molar-refractivity contribution in [3.63, 3.8) is 0 Å². The fraction of sp³-hybridized carbons (Fsp3) is 0.529. The molecule has 0 radical (unpaired) electrons. The molecule has 2 N–H and O–H groups in total. The van der Waals surface area contributed by atoms with Crippen molar-refractivity contribution in [3.8, 4) is 5.75 Å². The molecule has 2 fully saturated rings. The molecule has 3 atom stereocenters. The van der Waals surface area contributed by atoms with Crippen LogP contribution in [0.5, 0.6) is 5.75 Å². The molecule has 2 aliphatic rings. The van der Waals surface area contributed by atoms with E-state index in [4.69, 9.17) is 23.2 Å². The van der Waals surface area contributed by atoms with Crippen molar-refractivity contribution in [1.29, 1.82) is 0 Å². The van der Waals surface area contributed by atoms with Crippen molar-refractivity contribution in [3.05, 3.63) is 27.7 Å². The number of benzene rings is 1. The second kappa shape index (κ2) is 6.45. The third kappa shape index (κ3) is 2.84. The van der Waals surface area contributed by atoms with Crippen LogP contribution in [0.25, 0.3) is 0 Å². The van der Waals surface area contributed by atoms with Gasteiger partial charge in [-0.05, 0) is 36.8 Å². The van der Waals surface area contributed by atoms with Crippen LogP contribution in [0.4, 0.5) is 0 Å². The molecule has 7 heteroatoms. The number of nitrogens with zero attached hydrogens (tertiary/aromatic N) is 1. The maximum Gasteiger partial charge on any atom is 0.246 e. The molecular weight excluding hydrogens is 351 g/mol. The zero-order valence-electron chi connectivity index (χ0n) is 13.6. The number of halogens is 2. The van der Waals surface area contributed by atoms with Crippen molar-refractivity contribution in [2.45, 2.75) is 44.7 Å². The van der Waals surface area contributed by atoms with Gasteiger partial charge in [0.15, 0.2) is 0 Å². The first-order valence-corrected chi connectivity index (χ1v) is 8.84. The summed E-state index contributed by atoms with van der Waals surface area (Å²) in [7, 11) is 0. The largest absolute Gasteiger partial charge is 0.508 e. The highest BCUT2D eigenvalue weighted by Crippen LogP contribution is 2.43. The molecule has 1 aromatic rings. The SMILES string of the molecule is CC(C)C1NC(=O)[C@@H]2C[C@H](c3c(O)ccc(Cl)c3Cl)CCN2C1=O. The zero-order chi connectivity index (χ0) is 17.6. The minimum atomic E-state index is -0.527. The first-order valence-electron chi connectivity index (χ1n) is 8.09. The van der Waals surface area contributed by atoms with Gasteiger partial charge in [0.1, 0.15) is 17.8 Å². The Bertz CT molecular complexity index is 693. The summed E-state index contributed by atoms with van der Waals surface area (Å²) in [6.45, 7) is 4.30. The Kier molecular flexibility index (Phi) is 4.67. The number of fused-ring (bicyclic) bond motifs is 1. The molecule has 1 unspecified atom stereocenters. The molecule has 5 nitrogen and oxygen atoms in total. The summed E-state index contributed by atoms with van der Waals surface area (Å²) in [6, 6.07) is 2.06. The van der Waals surface area contributed by atoms with Gasteiger partial charge < -0.3 is 15.3 Å². The second-order valence-corrected chi connectivity index (χ2v) is 7.58. The van der Waals surface area contributed by atoms with Crippen LogP contribution in [0.2, 0.25) is 10.0 Å². The smallest absolute Gasteiger partial charge is 0.246 e. The molecule has 0 spiro atoms. The van der Waals surface area contributed by atoms with Crippen molar-refractivity contribution in [2.75, 3.05) is 6.54 Å². The summed E-state index contributed by atoms with van der Waals surface area (Å²) in [5.41, 5.74) is 0.565. The Morgan fingerprint density at radius 2 is 2.00 bits per heavy atom. The van der Waals surface area contributed by atoms with Gasteiger partial charge in [0.05, 0.1) is 10.0 Å². The Morgan fingerprint density at radius 3 is 2.67 bits per heavy atom. The fourth-order valence-corrected chi connectivity index (χ4v) is 4.10. The van der Waals surface area contributed by atoms with Crippen LogP contribution in [-0.2, 0) is 9.59 Å². The van der Waals surface area contributed by atoms with Crippen LogP contribution in [0.1, 0.15) is 38.2 Å². The van der Waals surface area contributed by atoms with Gasteiger partial charge in [0.2, 0.25) is 11.8 Å². The summed E-state index contributed by atoms with van der Waals surface area (Å²) in [5.74, 6) is -0.173. The molecule has 2 heterocycles. The number of piperidine rings is 1. The van der Waals surface area contributed by atoms with E-state index in [1.165, 1.54) is 6.07 Å². The minimum Gasteiger partial charge on any atom is -0.508 e. The van der Waals surface area contributed by atoms with Gasteiger partial charge in [-0.2, -0.15) is 0 Å². The standard InChI is InChI=1S/C17H20Cl2N2O3/c1-8(2)15-17(24)21-6-5-9(7-11(21)16(23)20-15)13-12(22)4-3-10(18)14(13)19/h3-4,8-9,11,15,22H,5-7H2,1-2H3,(H,20,23)/t9-,11+,15?/m1/s1. The molecule has 2 saturated heterocycles. The van der Waals surface area contributed by atoms with Crippen LogP contribution >= 0.6 is 23.2 Å². The quantitative estimate of drug-likeness (QED) is 0.840. The maximum absolute atomic E-state index is 12.6. The number of hydrogen-bond donors (Lipinski definition) is 2. The maximum atomic E-state index is 12.6. The number of aromatic hydroxyl groups is 1. The number of amides is 2. The molecule has 130 valence electrons. The van der Waals surface area contributed by atoms with E-state index < -0.39 is 12.1 Å². The molecule has 0 saturated carbocycles. The van der Waals surface area contributed by atoms with Crippen LogP contribution in [0.15, 0.2) is 12.1 Å². The van der Waals surface area contributed by atoms with Crippen LogP contribution in [-0.4, -0.2) is 40.4 Å². The average molecular weight is 371 g/mol. The topological polar surface area (TPSA) is 69.6 Å². The first kappa shape index (κ1) is 17.4. The Balaban J connectivity index is 1.87. The molecule has 0 aliphatic carbocycles. The van der Waals surface area contributed by atoms with Gasteiger partial charge >= 0.3 is 0 Å². The molecule has 2 aliphatic heterocycles. The number of rotatable bonds is 2. The molecule has 3 rings (SSSR count). The van der Waals surface area contributed by atoms with E-state index in [9.17, 15) is 14.7 Å². The van der Waals surface area contributed by atoms with E-state index in [0.29, 0.717) is 35.0 Å². The zero-order valence-corrected chi connectivity index (χ0v) is 15.1. The van der Waals surface area contributed by atoms with Crippen molar-refractivity contribution < 1.29 is 14.7 Å². The summed E-state index contributed by atoms with van der Waals surface area (Å²) in [5, 5.41) is 13.7.